The first-order valence-corrected chi connectivity index (χ1v) is 9.69. The second kappa shape index (κ2) is 6.91. The van der Waals surface area contributed by atoms with Gasteiger partial charge in [-0.1, -0.05) is 19.1 Å². The van der Waals surface area contributed by atoms with Gasteiger partial charge in [-0.25, -0.2) is 8.42 Å². The van der Waals surface area contributed by atoms with Crippen LogP contribution in [0.2, 0.25) is 0 Å². The van der Waals surface area contributed by atoms with Crippen LogP contribution in [0.5, 0.6) is 0 Å². The highest BCUT2D eigenvalue weighted by molar-refractivity contribution is 9.11. The molecule has 7 heteroatoms. The molecule has 114 valence electrons. The number of thiophene rings is 1. The van der Waals surface area contributed by atoms with E-state index < -0.39 is 10.0 Å². The summed E-state index contributed by atoms with van der Waals surface area (Å²) in [5.74, 6) is -0.00628. The Balaban J connectivity index is 2.13. The number of nitrogen functional groups attached to an aromatic ring is 1. The molecule has 1 heterocycles. The minimum absolute atomic E-state index is 0.00628. The fourth-order valence-corrected chi connectivity index (χ4v) is 5.04. The van der Waals surface area contributed by atoms with Crippen molar-refractivity contribution in [2.75, 3.05) is 12.3 Å². The molecule has 0 bridgehead atoms. The normalized spacial score (nSPS) is 12.0. The third-order valence-electron chi connectivity index (χ3n) is 3.04. The van der Waals surface area contributed by atoms with E-state index in [4.69, 9.17) is 5.73 Å². The molecule has 0 saturated carbocycles. The van der Waals surface area contributed by atoms with Crippen molar-refractivity contribution in [2.45, 2.75) is 19.2 Å². The molecule has 0 aliphatic rings. The summed E-state index contributed by atoms with van der Waals surface area (Å²) >= 11 is 4.94. The summed E-state index contributed by atoms with van der Waals surface area (Å²) in [6.45, 7) is 2.71. The van der Waals surface area contributed by atoms with Gasteiger partial charge >= 0.3 is 0 Å². The van der Waals surface area contributed by atoms with E-state index in [0.29, 0.717) is 18.8 Å². The maximum absolute atomic E-state index is 12.5. The zero-order valence-electron chi connectivity index (χ0n) is 11.6. The van der Waals surface area contributed by atoms with Crippen molar-refractivity contribution in [1.29, 1.82) is 0 Å². The van der Waals surface area contributed by atoms with Gasteiger partial charge in [0.15, 0.2) is 0 Å². The molecule has 0 saturated heterocycles. The van der Waals surface area contributed by atoms with Gasteiger partial charge in [0.1, 0.15) is 0 Å². The van der Waals surface area contributed by atoms with Crippen molar-refractivity contribution >= 4 is 43.0 Å². The first-order chi connectivity index (χ1) is 9.90. The number of rotatable bonds is 6. The van der Waals surface area contributed by atoms with Crippen LogP contribution in [0.15, 0.2) is 40.2 Å². The Bertz CT molecular complexity index is 696. The number of hydrogen-bond donors (Lipinski definition) is 1. The Hall–Kier alpha value is -0.890. The molecular weight excluding hydrogens is 372 g/mol. The van der Waals surface area contributed by atoms with Crippen LogP contribution in [0.1, 0.15) is 17.4 Å². The lowest BCUT2D eigenvalue weighted by molar-refractivity contribution is 0.425. The number of nitrogens with two attached hydrogens (primary N) is 1. The van der Waals surface area contributed by atoms with E-state index in [2.05, 4.69) is 15.9 Å². The zero-order chi connectivity index (χ0) is 15.5. The Morgan fingerprint density at radius 1 is 1.19 bits per heavy atom. The number of sulfonamides is 1. The predicted molar refractivity (Wildman–Crippen MR) is 91.6 cm³/mol. The number of halogens is 1. The monoisotopic (exact) mass is 388 g/mol. The zero-order valence-corrected chi connectivity index (χ0v) is 14.8. The molecule has 2 N–H and O–H groups in total. The molecule has 1 aromatic carbocycles. The van der Waals surface area contributed by atoms with Crippen LogP contribution in [-0.4, -0.2) is 19.3 Å². The van der Waals surface area contributed by atoms with Crippen molar-refractivity contribution in [2.24, 2.45) is 0 Å². The standard InChI is InChI=1S/C14H17BrN2O2S2/c1-2-17(9-13-7-8-14(15)20-13)21(18,19)10-11-3-5-12(16)6-4-11/h3-8H,2,9-10,16H2,1H3. The fraction of sp³-hybridized carbons (Fsp3) is 0.286. The lowest BCUT2D eigenvalue weighted by Crippen LogP contribution is -2.31. The summed E-state index contributed by atoms with van der Waals surface area (Å²) in [5.41, 5.74) is 6.99. The predicted octanol–water partition coefficient (Wildman–Crippen LogP) is 3.44. The van der Waals surface area contributed by atoms with Crippen molar-refractivity contribution in [3.63, 3.8) is 0 Å². The molecule has 2 aromatic rings. The van der Waals surface area contributed by atoms with Crippen molar-refractivity contribution < 1.29 is 8.42 Å². The fourth-order valence-electron chi connectivity index (χ4n) is 1.93. The Labute approximate surface area is 137 Å². The highest BCUT2D eigenvalue weighted by atomic mass is 79.9. The van der Waals surface area contributed by atoms with Gasteiger partial charge < -0.3 is 5.73 Å². The van der Waals surface area contributed by atoms with Gasteiger partial charge in [0.25, 0.3) is 0 Å². The quantitative estimate of drug-likeness (QED) is 0.770. The maximum Gasteiger partial charge on any atom is 0.218 e. The molecule has 1 aromatic heterocycles. The average Bonchev–Trinajstić information content (AvgIpc) is 2.84. The summed E-state index contributed by atoms with van der Waals surface area (Å²) in [6, 6.07) is 10.8. The third-order valence-corrected chi connectivity index (χ3v) is 6.52. The lowest BCUT2D eigenvalue weighted by Gasteiger charge is -2.19. The van der Waals surface area contributed by atoms with E-state index in [1.807, 2.05) is 19.1 Å². The average molecular weight is 389 g/mol. The molecule has 0 atom stereocenters. The Kier molecular flexibility index (Phi) is 5.43. The van der Waals surface area contributed by atoms with E-state index in [9.17, 15) is 8.42 Å². The first-order valence-electron chi connectivity index (χ1n) is 6.47. The van der Waals surface area contributed by atoms with Gasteiger partial charge in [-0.15, -0.1) is 11.3 Å². The van der Waals surface area contributed by atoms with Crippen molar-refractivity contribution in [3.8, 4) is 0 Å². The molecular formula is C14H17BrN2O2S2. The largest absolute Gasteiger partial charge is 0.399 e. The second-order valence-electron chi connectivity index (χ2n) is 4.63. The summed E-state index contributed by atoms with van der Waals surface area (Å²) in [5, 5.41) is 0. The van der Waals surface area contributed by atoms with Gasteiger partial charge in [0.2, 0.25) is 10.0 Å². The van der Waals surface area contributed by atoms with Crippen LogP contribution < -0.4 is 5.73 Å². The van der Waals surface area contributed by atoms with Crippen LogP contribution in [0.25, 0.3) is 0 Å². The number of nitrogens with zero attached hydrogens (tertiary/aromatic N) is 1. The molecule has 0 aliphatic carbocycles. The van der Waals surface area contributed by atoms with Crippen LogP contribution in [0.3, 0.4) is 0 Å². The van der Waals surface area contributed by atoms with Crippen molar-refractivity contribution in [3.05, 3.63) is 50.6 Å². The van der Waals surface area contributed by atoms with Crippen LogP contribution in [0.4, 0.5) is 5.69 Å². The molecule has 4 nitrogen and oxygen atoms in total. The second-order valence-corrected chi connectivity index (χ2v) is 9.15. The van der Waals surface area contributed by atoms with E-state index in [1.165, 1.54) is 4.31 Å². The lowest BCUT2D eigenvalue weighted by atomic mass is 10.2. The first kappa shape index (κ1) is 16.5. The summed E-state index contributed by atoms with van der Waals surface area (Å²) in [6.07, 6.45) is 0. The molecule has 0 unspecified atom stereocenters. The molecule has 0 amide bonds. The molecule has 0 radical (unpaired) electrons. The van der Waals surface area contributed by atoms with Crippen molar-refractivity contribution in [1.82, 2.24) is 4.31 Å². The van der Waals surface area contributed by atoms with Gasteiger partial charge in [-0.05, 0) is 45.8 Å². The molecule has 0 spiro atoms. The molecule has 2 rings (SSSR count). The third kappa shape index (κ3) is 4.54. The number of hydrogen-bond acceptors (Lipinski definition) is 4. The highest BCUT2D eigenvalue weighted by Gasteiger charge is 2.21. The Morgan fingerprint density at radius 3 is 2.38 bits per heavy atom. The minimum Gasteiger partial charge on any atom is -0.399 e. The van der Waals surface area contributed by atoms with Gasteiger partial charge in [-0.3, -0.25) is 0 Å². The highest BCUT2D eigenvalue weighted by Crippen LogP contribution is 2.24. The number of benzene rings is 1. The van der Waals surface area contributed by atoms with Crippen LogP contribution >= 0.6 is 27.3 Å². The molecule has 21 heavy (non-hydrogen) atoms. The SMILES string of the molecule is CCN(Cc1ccc(Br)s1)S(=O)(=O)Cc1ccc(N)cc1. The van der Waals surface area contributed by atoms with Gasteiger partial charge in [0.05, 0.1) is 9.54 Å². The minimum atomic E-state index is -3.34. The molecule has 0 fully saturated rings. The molecule has 0 aliphatic heterocycles. The van der Waals surface area contributed by atoms with E-state index in [0.717, 1.165) is 14.2 Å². The maximum atomic E-state index is 12.5. The van der Waals surface area contributed by atoms with E-state index in [-0.39, 0.29) is 5.75 Å². The van der Waals surface area contributed by atoms with Gasteiger partial charge in [-0.2, -0.15) is 4.31 Å². The van der Waals surface area contributed by atoms with Crippen LogP contribution in [-0.2, 0) is 22.3 Å². The topological polar surface area (TPSA) is 63.4 Å². The van der Waals surface area contributed by atoms with Gasteiger partial charge in [0, 0.05) is 23.7 Å². The summed E-state index contributed by atoms with van der Waals surface area (Å²) in [7, 11) is -3.34. The smallest absolute Gasteiger partial charge is 0.218 e. The summed E-state index contributed by atoms with van der Waals surface area (Å²) in [4.78, 5) is 1.02. The number of anilines is 1. The van der Waals surface area contributed by atoms with Crippen LogP contribution in [0, 0.1) is 0 Å². The van der Waals surface area contributed by atoms with E-state index >= 15 is 0 Å². The Morgan fingerprint density at radius 2 is 1.86 bits per heavy atom. The van der Waals surface area contributed by atoms with E-state index in [1.54, 1.807) is 35.6 Å². The summed E-state index contributed by atoms with van der Waals surface area (Å²) < 4.78 is 27.5.